The van der Waals surface area contributed by atoms with Crippen molar-refractivity contribution in [2.75, 3.05) is 14.2 Å². The highest BCUT2D eigenvalue weighted by Crippen LogP contribution is 2.36. The lowest BCUT2D eigenvalue weighted by Crippen LogP contribution is -1.87. The predicted molar refractivity (Wildman–Crippen MR) is 54.9 cm³/mol. The molecule has 0 aliphatic heterocycles. The van der Waals surface area contributed by atoms with Crippen molar-refractivity contribution in [3.63, 3.8) is 0 Å². The SMILES string of the molecule is COc1cc(OC)c2scc(F)c2c1. The second kappa shape index (κ2) is 3.46. The van der Waals surface area contributed by atoms with E-state index in [1.807, 2.05) is 0 Å². The number of fused-ring (bicyclic) bond motifs is 1. The van der Waals surface area contributed by atoms with Gasteiger partial charge in [0.15, 0.2) is 0 Å². The van der Waals surface area contributed by atoms with Crippen molar-refractivity contribution in [2.45, 2.75) is 0 Å². The van der Waals surface area contributed by atoms with Gasteiger partial charge in [-0.1, -0.05) is 0 Å². The van der Waals surface area contributed by atoms with E-state index in [4.69, 9.17) is 9.47 Å². The molecule has 1 heterocycles. The zero-order valence-corrected chi connectivity index (χ0v) is 8.65. The molecule has 0 aliphatic carbocycles. The van der Waals surface area contributed by atoms with Gasteiger partial charge in [-0.05, 0) is 6.07 Å². The first-order valence-electron chi connectivity index (χ1n) is 4.05. The lowest BCUT2D eigenvalue weighted by Gasteiger charge is -2.04. The van der Waals surface area contributed by atoms with Gasteiger partial charge in [-0.15, -0.1) is 11.3 Å². The Morgan fingerprint density at radius 3 is 2.64 bits per heavy atom. The number of ether oxygens (including phenoxy) is 2. The molecule has 0 saturated carbocycles. The quantitative estimate of drug-likeness (QED) is 0.761. The van der Waals surface area contributed by atoms with E-state index in [1.165, 1.54) is 16.7 Å². The van der Waals surface area contributed by atoms with Crippen molar-refractivity contribution < 1.29 is 13.9 Å². The maximum atomic E-state index is 13.3. The van der Waals surface area contributed by atoms with Gasteiger partial charge in [0.25, 0.3) is 0 Å². The van der Waals surface area contributed by atoms with Gasteiger partial charge in [0.1, 0.15) is 17.3 Å². The summed E-state index contributed by atoms with van der Waals surface area (Å²) in [6.07, 6.45) is 0. The lowest BCUT2D eigenvalue weighted by atomic mass is 10.2. The fraction of sp³-hybridized carbons (Fsp3) is 0.200. The Morgan fingerprint density at radius 1 is 1.21 bits per heavy atom. The van der Waals surface area contributed by atoms with E-state index in [1.54, 1.807) is 26.4 Å². The summed E-state index contributed by atoms with van der Waals surface area (Å²) in [4.78, 5) is 0. The van der Waals surface area contributed by atoms with Gasteiger partial charge < -0.3 is 9.47 Å². The number of halogens is 1. The zero-order chi connectivity index (χ0) is 10.1. The van der Waals surface area contributed by atoms with Crippen LogP contribution in [-0.4, -0.2) is 14.2 Å². The highest BCUT2D eigenvalue weighted by Gasteiger charge is 2.10. The predicted octanol–water partition coefficient (Wildman–Crippen LogP) is 3.06. The summed E-state index contributed by atoms with van der Waals surface area (Å²) >= 11 is 1.33. The average Bonchev–Trinajstić information content (AvgIpc) is 2.59. The minimum Gasteiger partial charge on any atom is -0.497 e. The molecule has 0 atom stereocenters. The monoisotopic (exact) mass is 212 g/mol. The minimum absolute atomic E-state index is 0.234. The van der Waals surface area contributed by atoms with Gasteiger partial charge in [0.2, 0.25) is 0 Å². The molecule has 0 radical (unpaired) electrons. The van der Waals surface area contributed by atoms with Crippen LogP contribution in [0.1, 0.15) is 0 Å². The molecule has 14 heavy (non-hydrogen) atoms. The van der Waals surface area contributed by atoms with Gasteiger partial charge in [0.05, 0.1) is 18.9 Å². The average molecular weight is 212 g/mol. The van der Waals surface area contributed by atoms with E-state index in [0.29, 0.717) is 16.9 Å². The Bertz CT molecular complexity index is 464. The first kappa shape index (κ1) is 9.27. The van der Waals surface area contributed by atoms with Crippen LogP contribution in [0.25, 0.3) is 10.1 Å². The molecular weight excluding hydrogens is 203 g/mol. The Morgan fingerprint density at radius 2 is 2.00 bits per heavy atom. The maximum Gasteiger partial charge on any atom is 0.142 e. The first-order valence-corrected chi connectivity index (χ1v) is 4.93. The third-order valence-electron chi connectivity index (χ3n) is 2.02. The molecule has 0 fully saturated rings. The van der Waals surface area contributed by atoms with Crippen molar-refractivity contribution in [2.24, 2.45) is 0 Å². The third-order valence-corrected chi connectivity index (χ3v) is 3.00. The van der Waals surface area contributed by atoms with E-state index < -0.39 is 0 Å². The molecule has 0 aliphatic rings. The Balaban J connectivity index is 2.76. The van der Waals surface area contributed by atoms with E-state index in [2.05, 4.69) is 0 Å². The largest absolute Gasteiger partial charge is 0.497 e. The van der Waals surface area contributed by atoms with Crippen LogP contribution in [0.15, 0.2) is 17.5 Å². The zero-order valence-electron chi connectivity index (χ0n) is 7.83. The molecule has 0 spiro atoms. The van der Waals surface area contributed by atoms with Crippen LogP contribution in [0.5, 0.6) is 11.5 Å². The minimum atomic E-state index is -0.234. The maximum absolute atomic E-state index is 13.3. The Labute approximate surface area is 84.9 Å². The number of hydrogen-bond donors (Lipinski definition) is 0. The second-order valence-corrected chi connectivity index (χ2v) is 3.67. The topological polar surface area (TPSA) is 18.5 Å². The van der Waals surface area contributed by atoms with Gasteiger partial charge in [-0.2, -0.15) is 0 Å². The van der Waals surface area contributed by atoms with Gasteiger partial charge in [-0.25, -0.2) is 4.39 Å². The summed E-state index contributed by atoms with van der Waals surface area (Å²) in [6, 6.07) is 3.42. The standard InChI is InChI=1S/C10H9FO2S/c1-12-6-3-7-8(11)5-14-10(7)9(4-6)13-2/h3-5H,1-2H3. The number of benzene rings is 1. The Kier molecular flexibility index (Phi) is 2.29. The molecule has 4 heteroatoms. The van der Waals surface area contributed by atoms with E-state index in [-0.39, 0.29) is 5.82 Å². The molecule has 2 rings (SSSR count). The van der Waals surface area contributed by atoms with Crippen LogP contribution in [0.4, 0.5) is 4.39 Å². The van der Waals surface area contributed by atoms with Crippen molar-refractivity contribution >= 4 is 21.4 Å². The molecule has 1 aromatic heterocycles. The van der Waals surface area contributed by atoms with Crippen LogP contribution in [-0.2, 0) is 0 Å². The van der Waals surface area contributed by atoms with Gasteiger partial charge in [-0.3, -0.25) is 0 Å². The van der Waals surface area contributed by atoms with Crippen LogP contribution < -0.4 is 9.47 Å². The van der Waals surface area contributed by atoms with Crippen LogP contribution >= 0.6 is 11.3 Å². The van der Waals surface area contributed by atoms with Crippen LogP contribution in [0.3, 0.4) is 0 Å². The molecule has 2 nitrogen and oxygen atoms in total. The van der Waals surface area contributed by atoms with Gasteiger partial charge in [0, 0.05) is 16.8 Å². The molecule has 74 valence electrons. The third kappa shape index (κ3) is 1.32. The van der Waals surface area contributed by atoms with Crippen molar-refractivity contribution in [1.82, 2.24) is 0 Å². The van der Waals surface area contributed by atoms with Crippen molar-refractivity contribution in [3.8, 4) is 11.5 Å². The summed E-state index contributed by atoms with van der Waals surface area (Å²) in [5, 5.41) is 2.01. The number of methoxy groups -OCH3 is 2. The fourth-order valence-electron chi connectivity index (χ4n) is 1.32. The highest BCUT2D eigenvalue weighted by atomic mass is 32.1. The second-order valence-electron chi connectivity index (χ2n) is 2.79. The number of rotatable bonds is 2. The van der Waals surface area contributed by atoms with Crippen molar-refractivity contribution in [3.05, 3.63) is 23.3 Å². The summed E-state index contributed by atoms with van der Waals surface area (Å²) in [5.41, 5.74) is 0. The van der Waals surface area contributed by atoms with Crippen LogP contribution in [0, 0.1) is 5.82 Å². The van der Waals surface area contributed by atoms with Gasteiger partial charge >= 0.3 is 0 Å². The summed E-state index contributed by atoms with van der Waals surface area (Å²) in [5.74, 6) is 1.02. The molecule has 2 aromatic rings. The molecule has 0 bridgehead atoms. The first-order chi connectivity index (χ1) is 6.76. The summed E-state index contributed by atoms with van der Waals surface area (Å²) in [7, 11) is 3.11. The van der Waals surface area contributed by atoms with Crippen molar-refractivity contribution in [1.29, 1.82) is 0 Å². The summed E-state index contributed by atoms with van der Waals surface area (Å²) in [6.45, 7) is 0. The number of hydrogen-bond acceptors (Lipinski definition) is 3. The Hall–Kier alpha value is -1.29. The van der Waals surface area contributed by atoms with E-state index in [0.717, 1.165) is 4.70 Å². The smallest absolute Gasteiger partial charge is 0.142 e. The summed E-state index contributed by atoms with van der Waals surface area (Å²) < 4.78 is 24.3. The van der Waals surface area contributed by atoms with E-state index in [9.17, 15) is 4.39 Å². The fourth-order valence-corrected chi connectivity index (χ4v) is 2.21. The number of thiophene rings is 1. The molecule has 0 saturated heterocycles. The molecular formula is C10H9FO2S. The molecule has 0 unspecified atom stereocenters. The van der Waals surface area contributed by atoms with Crippen LogP contribution in [0.2, 0.25) is 0 Å². The molecule has 0 N–H and O–H groups in total. The highest BCUT2D eigenvalue weighted by molar-refractivity contribution is 7.17. The molecule has 1 aromatic carbocycles. The molecule has 0 amide bonds. The normalized spacial score (nSPS) is 10.5. The van der Waals surface area contributed by atoms with E-state index >= 15 is 0 Å². The lowest BCUT2D eigenvalue weighted by molar-refractivity contribution is 0.398.